The average molecular weight is 300 g/mol. The van der Waals surface area contributed by atoms with Crippen molar-refractivity contribution < 1.29 is 19.4 Å². The highest BCUT2D eigenvalue weighted by molar-refractivity contribution is 5.91. The van der Waals surface area contributed by atoms with E-state index < -0.39 is 29.5 Å². The molecule has 0 radical (unpaired) electrons. The van der Waals surface area contributed by atoms with E-state index in [-0.39, 0.29) is 11.9 Å². The zero-order valence-electron chi connectivity index (χ0n) is 12.0. The highest BCUT2D eigenvalue weighted by Crippen LogP contribution is 2.53. The molecular formula is C16H16N2O4. The van der Waals surface area contributed by atoms with Gasteiger partial charge in [-0.25, -0.2) is 0 Å². The molecule has 114 valence electrons. The maximum atomic E-state index is 12.8. The monoisotopic (exact) mass is 300 g/mol. The number of carbonyl (C=O) groups excluding carboxylic acids is 1. The van der Waals surface area contributed by atoms with Crippen molar-refractivity contribution in [2.75, 3.05) is 6.54 Å². The lowest BCUT2D eigenvalue weighted by Gasteiger charge is -2.27. The molecule has 1 aromatic heterocycles. The number of carbonyl (C=O) groups is 2. The van der Waals surface area contributed by atoms with Crippen LogP contribution in [0, 0.1) is 11.8 Å². The van der Waals surface area contributed by atoms with Gasteiger partial charge in [-0.1, -0.05) is 18.2 Å². The van der Waals surface area contributed by atoms with Gasteiger partial charge < -0.3 is 14.7 Å². The molecule has 6 nitrogen and oxygen atoms in total. The van der Waals surface area contributed by atoms with Crippen LogP contribution < -0.4 is 0 Å². The maximum Gasteiger partial charge on any atom is 0.310 e. The number of rotatable bonds is 3. The highest BCUT2D eigenvalue weighted by Gasteiger charge is 2.67. The molecule has 1 amide bonds. The Bertz CT molecular complexity index is 674. The number of aliphatic carboxylic acids is 1. The number of ether oxygens (including phenoxy) is 1. The van der Waals surface area contributed by atoms with Crippen LogP contribution >= 0.6 is 0 Å². The molecule has 1 aromatic rings. The molecule has 22 heavy (non-hydrogen) atoms. The summed E-state index contributed by atoms with van der Waals surface area (Å²) in [4.78, 5) is 30.2. The van der Waals surface area contributed by atoms with E-state index in [9.17, 15) is 14.7 Å². The summed E-state index contributed by atoms with van der Waals surface area (Å²) in [6.45, 7) is 2.32. The first-order valence-electron chi connectivity index (χ1n) is 7.34. The van der Waals surface area contributed by atoms with Crippen molar-refractivity contribution in [2.45, 2.75) is 24.7 Å². The number of carboxylic acid groups (broad SMARTS) is 1. The molecule has 4 heterocycles. The standard InChI is InChI=1S/C16H16N2O4/c1-9(10-3-2-6-17-7-10)18-8-16-5-4-11(22-16)12(15(20)21)13(16)14(18)19/h2-7,9,11-13H,8H2,1H3,(H,20,21)/t9-,11-,12-,13-,16-/m1/s1. The lowest BCUT2D eigenvalue weighted by Crippen LogP contribution is -2.39. The van der Waals surface area contributed by atoms with Gasteiger partial charge in [0.1, 0.15) is 11.5 Å². The van der Waals surface area contributed by atoms with Crippen LogP contribution in [0.15, 0.2) is 36.7 Å². The smallest absolute Gasteiger partial charge is 0.310 e. The molecule has 4 rings (SSSR count). The summed E-state index contributed by atoms with van der Waals surface area (Å²) in [6.07, 6.45) is 6.58. The Hall–Kier alpha value is -2.21. The van der Waals surface area contributed by atoms with Crippen molar-refractivity contribution in [3.63, 3.8) is 0 Å². The lowest BCUT2D eigenvalue weighted by atomic mass is 9.77. The molecule has 1 spiro atoms. The number of nitrogens with zero attached hydrogens (tertiary/aromatic N) is 2. The minimum Gasteiger partial charge on any atom is -0.481 e. The summed E-state index contributed by atoms with van der Waals surface area (Å²) in [7, 11) is 0. The molecule has 0 unspecified atom stereocenters. The lowest BCUT2D eigenvalue weighted by molar-refractivity contribution is -0.148. The van der Waals surface area contributed by atoms with Crippen molar-refractivity contribution in [3.05, 3.63) is 42.2 Å². The first-order valence-corrected chi connectivity index (χ1v) is 7.34. The summed E-state index contributed by atoms with van der Waals surface area (Å²) in [6, 6.07) is 3.58. The largest absolute Gasteiger partial charge is 0.481 e. The van der Waals surface area contributed by atoms with E-state index >= 15 is 0 Å². The van der Waals surface area contributed by atoms with E-state index in [0.29, 0.717) is 6.54 Å². The number of pyridine rings is 1. The van der Waals surface area contributed by atoms with Crippen molar-refractivity contribution in [3.8, 4) is 0 Å². The first-order chi connectivity index (χ1) is 10.5. The molecule has 3 aliphatic heterocycles. The SMILES string of the molecule is C[C@H](c1cccnc1)N1C[C@@]23C=C[C@@H](O2)[C@@H](C(=O)O)[C@@H]3C1=O. The van der Waals surface area contributed by atoms with E-state index in [0.717, 1.165) is 5.56 Å². The summed E-state index contributed by atoms with van der Waals surface area (Å²) in [5.74, 6) is -2.52. The van der Waals surface area contributed by atoms with E-state index in [4.69, 9.17) is 4.74 Å². The predicted octanol–water partition coefficient (Wildman–Crippen LogP) is 1.01. The number of carboxylic acids is 1. The van der Waals surface area contributed by atoms with Gasteiger partial charge >= 0.3 is 5.97 Å². The topological polar surface area (TPSA) is 79.7 Å². The Morgan fingerprint density at radius 3 is 3.09 bits per heavy atom. The van der Waals surface area contributed by atoms with Crippen LogP contribution in [0.25, 0.3) is 0 Å². The minimum atomic E-state index is -0.967. The molecule has 6 heteroatoms. The van der Waals surface area contributed by atoms with Crippen LogP contribution in [0.4, 0.5) is 0 Å². The molecule has 2 bridgehead atoms. The van der Waals surface area contributed by atoms with Gasteiger partial charge in [-0.3, -0.25) is 14.6 Å². The molecule has 5 atom stereocenters. The molecule has 1 N–H and O–H groups in total. The second-order valence-corrected chi connectivity index (χ2v) is 6.17. The van der Waals surface area contributed by atoms with Gasteiger partial charge in [0.15, 0.2) is 0 Å². The van der Waals surface area contributed by atoms with Crippen LogP contribution in [0.2, 0.25) is 0 Å². The van der Waals surface area contributed by atoms with Gasteiger partial charge in [-0.15, -0.1) is 0 Å². The van der Waals surface area contributed by atoms with Gasteiger partial charge in [0.2, 0.25) is 5.91 Å². The van der Waals surface area contributed by atoms with Crippen molar-refractivity contribution in [1.29, 1.82) is 0 Å². The van der Waals surface area contributed by atoms with Crippen molar-refractivity contribution >= 4 is 11.9 Å². The summed E-state index contributed by atoms with van der Waals surface area (Å²) < 4.78 is 5.87. The number of likely N-dealkylation sites (tertiary alicyclic amines) is 1. The Morgan fingerprint density at radius 2 is 2.41 bits per heavy atom. The zero-order chi connectivity index (χ0) is 15.5. The fraction of sp³-hybridized carbons (Fsp3) is 0.438. The van der Waals surface area contributed by atoms with Gasteiger partial charge in [-0.05, 0) is 18.6 Å². The third-order valence-electron chi connectivity index (χ3n) is 5.05. The molecule has 2 saturated heterocycles. The fourth-order valence-electron chi connectivity index (χ4n) is 3.94. The quantitative estimate of drug-likeness (QED) is 0.843. The van der Waals surface area contributed by atoms with Gasteiger partial charge in [0.05, 0.1) is 24.6 Å². The van der Waals surface area contributed by atoms with Gasteiger partial charge in [0.25, 0.3) is 0 Å². The van der Waals surface area contributed by atoms with Crippen LogP contribution in [0.1, 0.15) is 18.5 Å². The van der Waals surface area contributed by atoms with E-state index in [1.165, 1.54) is 0 Å². The fourth-order valence-corrected chi connectivity index (χ4v) is 3.94. The number of hydrogen-bond donors (Lipinski definition) is 1. The predicted molar refractivity (Wildman–Crippen MR) is 75.7 cm³/mol. The highest BCUT2D eigenvalue weighted by atomic mass is 16.5. The molecular weight excluding hydrogens is 284 g/mol. The normalized spacial score (nSPS) is 36.7. The number of aromatic nitrogens is 1. The molecule has 0 saturated carbocycles. The van der Waals surface area contributed by atoms with E-state index in [1.807, 2.05) is 25.1 Å². The second kappa shape index (κ2) is 4.39. The van der Waals surface area contributed by atoms with Crippen LogP contribution in [-0.2, 0) is 14.3 Å². The summed E-state index contributed by atoms with van der Waals surface area (Å²) >= 11 is 0. The Balaban J connectivity index is 1.68. The van der Waals surface area contributed by atoms with Crippen LogP contribution in [0.3, 0.4) is 0 Å². The zero-order valence-corrected chi connectivity index (χ0v) is 12.0. The van der Waals surface area contributed by atoms with E-state index in [1.54, 1.807) is 23.4 Å². The maximum absolute atomic E-state index is 12.8. The van der Waals surface area contributed by atoms with Gasteiger partial charge in [0, 0.05) is 12.4 Å². The number of fused-ring (bicyclic) bond motifs is 1. The van der Waals surface area contributed by atoms with Crippen molar-refractivity contribution in [2.24, 2.45) is 11.8 Å². The van der Waals surface area contributed by atoms with Crippen LogP contribution in [-0.4, -0.2) is 45.1 Å². The molecule has 2 fully saturated rings. The Kier molecular flexibility index (Phi) is 2.69. The third kappa shape index (κ3) is 1.61. The van der Waals surface area contributed by atoms with Crippen LogP contribution in [0.5, 0.6) is 0 Å². The average Bonchev–Trinajstić information content (AvgIpc) is 3.15. The van der Waals surface area contributed by atoms with Gasteiger partial charge in [-0.2, -0.15) is 0 Å². The van der Waals surface area contributed by atoms with Crippen molar-refractivity contribution in [1.82, 2.24) is 9.88 Å². The molecule has 0 aliphatic carbocycles. The summed E-state index contributed by atoms with van der Waals surface area (Å²) in [5, 5.41) is 9.44. The number of amides is 1. The minimum absolute atomic E-state index is 0.143. The molecule has 3 aliphatic rings. The second-order valence-electron chi connectivity index (χ2n) is 6.17. The third-order valence-corrected chi connectivity index (χ3v) is 5.05. The summed E-state index contributed by atoms with van der Waals surface area (Å²) in [5.41, 5.74) is 0.152. The Labute approximate surface area is 127 Å². The molecule has 0 aromatic carbocycles. The Morgan fingerprint density at radius 1 is 1.59 bits per heavy atom. The van der Waals surface area contributed by atoms with E-state index in [2.05, 4.69) is 4.98 Å². The first kappa shape index (κ1) is 13.5. The number of hydrogen-bond acceptors (Lipinski definition) is 4.